The molecule has 0 saturated carbocycles. The number of rotatable bonds is 7. The predicted octanol–water partition coefficient (Wildman–Crippen LogP) is 5.28. The number of ketones is 1. The number of benzene rings is 2. The summed E-state index contributed by atoms with van der Waals surface area (Å²) in [4.78, 5) is 14.6. The van der Waals surface area contributed by atoms with Crippen molar-refractivity contribution in [1.29, 1.82) is 0 Å². The van der Waals surface area contributed by atoms with E-state index in [1.165, 1.54) is 12.1 Å². The number of halogens is 1. The van der Waals surface area contributed by atoms with E-state index < -0.39 is 0 Å². The van der Waals surface area contributed by atoms with Crippen molar-refractivity contribution in [3.8, 4) is 11.5 Å². The zero-order valence-corrected chi connectivity index (χ0v) is 18.9. The third-order valence-corrected chi connectivity index (χ3v) is 6.71. The summed E-state index contributed by atoms with van der Waals surface area (Å²) in [6.07, 6.45) is 4.54. The van der Waals surface area contributed by atoms with Gasteiger partial charge >= 0.3 is 0 Å². The molecule has 0 unspecified atom stereocenters. The maximum atomic E-state index is 13.4. The van der Waals surface area contributed by atoms with Gasteiger partial charge in [-0.05, 0) is 76.0 Å². The van der Waals surface area contributed by atoms with Crippen LogP contribution in [-0.2, 0) is 0 Å². The van der Waals surface area contributed by atoms with Crippen LogP contribution in [0.4, 0.5) is 4.39 Å². The number of hydrogen-bond acceptors (Lipinski definition) is 6. The maximum absolute atomic E-state index is 13.4. The third-order valence-electron chi connectivity index (χ3n) is 6.71. The first-order valence-corrected chi connectivity index (χ1v) is 11.8. The van der Waals surface area contributed by atoms with E-state index in [4.69, 9.17) is 14.0 Å². The number of ether oxygens (including phenoxy) is 2. The molecule has 1 saturated heterocycles. The number of Topliss-reactive ketones (excluding diaryl/α,β-unsaturated/α-hetero) is 1. The van der Waals surface area contributed by atoms with Gasteiger partial charge in [-0.25, -0.2) is 4.39 Å². The van der Waals surface area contributed by atoms with Gasteiger partial charge in [0.25, 0.3) is 0 Å². The summed E-state index contributed by atoms with van der Waals surface area (Å²) in [5.41, 5.74) is 3.10. The van der Waals surface area contributed by atoms with Gasteiger partial charge in [-0.1, -0.05) is 5.16 Å². The van der Waals surface area contributed by atoms with Crippen molar-refractivity contribution >= 4 is 16.8 Å². The molecule has 0 radical (unpaired) electrons. The summed E-state index contributed by atoms with van der Waals surface area (Å²) < 4.78 is 30.3. The van der Waals surface area contributed by atoms with Crippen molar-refractivity contribution in [1.82, 2.24) is 10.1 Å². The highest BCUT2D eigenvalue weighted by atomic mass is 19.1. The number of hydrogen-bond donors (Lipinski definition) is 0. The Hall–Kier alpha value is -2.93. The third kappa shape index (κ3) is 4.74. The molecule has 5 rings (SSSR count). The lowest BCUT2D eigenvalue weighted by Crippen LogP contribution is -2.34. The van der Waals surface area contributed by atoms with E-state index in [0.29, 0.717) is 42.4 Å². The van der Waals surface area contributed by atoms with Gasteiger partial charge in [-0.3, -0.25) is 4.79 Å². The molecule has 0 spiro atoms. The Morgan fingerprint density at radius 2 is 2.03 bits per heavy atom. The highest BCUT2D eigenvalue weighted by Gasteiger charge is 2.25. The van der Waals surface area contributed by atoms with Gasteiger partial charge in [0.2, 0.25) is 0 Å². The van der Waals surface area contributed by atoms with Crippen LogP contribution < -0.4 is 9.47 Å². The molecule has 0 amide bonds. The average Bonchev–Trinajstić information content (AvgIpc) is 3.22. The number of nitrogens with zero attached hydrogens (tertiary/aromatic N) is 2. The molecule has 7 heteroatoms. The number of piperidine rings is 1. The highest BCUT2D eigenvalue weighted by molar-refractivity contribution is 6.01. The van der Waals surface area contributed by atoms with Gasteiger partial charge in [0.15, 0.2) is 11.4 Å². The Labute approximate surface area is 192 Å². The molecule has 33 heavy (non-hydrogen) atoms. The Bertz CT molecular complexity index is 1150. The van der Waals surface area contributed by atoms with Crippen molar-refractivity contribution in [2.75, 3.05) is 32.8 Å². The smallest absolute Gasteiger partial charge is 0.170 e. The zero-order valence-electron chi connectivity index (χ0n) is 18.9. The van der Waals surface area contributed by atoms with E-state index in [-0.39, 0.29) is 11.6 Å². The summed E-state index contributed by atoms with van der Waals surface area (Å²) in [5, 5.41) is 5.16. The van der Waals surface area contributed by atoms with Gasteiger partial charge in [-0.2, -0.15) is 0 Å². The van der Waals surface area contributed by atoms with Crippen molar-refractivity contribution in [3.05, 3.63) is 53.0 Å². The van der Waals surface area contributed by atoms with E-state index in [0.717, 1.165) is 67.7 Å². The first kappa shape index (κ1) is 21.9. The minimum Gasteiger partial charge on any atom is -0.493 e. The van der Waals surface area contributed by atoms with Crippen molar-refractivity contribution in [3.63, 3.8) is 0 Å². The van der Waals surface area contributed by atoms with Crippen LogP contribution >= 0.6 is 0 Å². The van der Waals surface area contributed by atoms with Crippen LogP contribution in [0.25, 0.3) is 11.0 Å². The summed E-state index contributed by atoms with van der Waals surface area (Å²) in [7, 11) is 0. The number of aryl methyl sites for hydroxylation is 1. The van der Waals surface area contributed by atoms with E-state index in [1.807, 2.05) is 19.1 Å². The number of likely N-dealkylation sites (tertiary alicyclic amines) is 1. The minimum atomic E-state index is -0.297. The van der Waals surface area contributed by atoms with Gasteiger partial charge in [0.05, 0.1) is 24.5 Å². The normalized spacial score (nSPS) is 17.2. The number of carbonyl (C=O) groups is 1. The van der Waals surface area contributed by atoms with Crippen molar-refractivity contribution in [2.24, 2.45) is 0 Å². The topological polar surface area (TPSA) is 64.8 Å². The fraction of sp³-hybridized carbons (Fsp3) is 0.462. The molecule has 2 aliphatic heterocycles. The van der Waals surface area contributed by atoms with Crippen LogP contribution in [0.3, 0.4) is 0 Å². The van der Waals surface area contributed by atoms with Crippen LogP contribution in [0, 0.1) is 12.7 Å². The van der Waals surface area contributed by atoms with Crippen molar-refractivity contribution < 1.29 is 23.2 Å². The molecule has 6 nitrogen and oxygen atoms in total. The van der Waals surface area contributed by atoms with E-state index >= 15 is 0 Å². The first-order valence-electron chi connectivity index (χ1n) is 11.8. The average molecular weight is 453 g/mol. The SMILES string of the molecule is Cc1cc(OCCCCN2CCC(c3noc4cc(F)ccc34)CC2)cc2c1C(=O)CCO2. The Morgan fingerprint density at radius 1 is 1.18 bits per heavy atom. The molecular weight excluding hydrogens is 423 g/mol. The van der Waals surface area contributed by atoms with Crippen LogP contribution in [0.15, 0.2) is 34.9 Å². The van der Waals surface area contributed by atoms with Crippen LogP contribution in [0.5, 0.6) is 11.5 Å². The number of fused-ring (bicyclic) bond motifs is 2. The summed E-state index contributed by atoms with van der Waals surface area (Å²) in [5.74, 6) is 1.62. The Kier molecular flexibility index (Phi) is 6.31. The number of carbonyl (C=O) groups excluding carboxylic acids is 1. The molecule has 3 aromatic rings. The number of unbranched alkanes of at least 4 members (excludes halogenated alkanes) is 1. The predicted molar refractivity (Wildman–Crippen MR) is 123 cm³/mol. The standard InChI is InChI=1S/C26H29FN2O4/c1-17-14-20(16-24-25(17)22(30)8-13-32-24)31-12-3-2-9-29-10-6-18(7-11-29)26-21-5-4-19(27)15-23(21)33-28-26/h4-5,14-16,18H,2-3,6-13H2,1H3. The lowest BCUT2D eigenvalue weighted by atomic mass is 9.91. The van der Waals surface area contributed by atoms with Crippen LogP contribution in [0.2, 0.25) is 0 Å². The largest absolute Gasteiger partial charge is 0.493 e. The molecule has 0 aliphatic carbocycles. The molecule has 2 aromatic carbocycles. The summed E-state index contributed by atoms with van der Waals surface area (Å²) in [6.45, 7) is 6.11. The highest BCUT2D eigenvalue weighted by Crippen LogP contribution is 2.34. The van der Waals surface area contributed by atoms with Gasteiger partial charge in [0, 0.05) is 29.9 Å². The number of aromatic nitrogens is 1. The van der Waals surface area contributed by atoms with Crippen molar-refractivity contribution in [2.45, 2.75) is 44.9 Å². The molecule has 0 N–H and O–H groups in total. The molecule has 1 fully saturated rings. The second kappa shape index (κ2) is 9.51. The maximum Gasteiger partial charge on any atom is 0.170 e. The van der Waals surface area contributed by atoms with Crippen LogP contribution in [0.1, 0.15) is 59.6 Å². The van der Waals surface area contributed by atoms with E-state index in [2.05, 4.69) is 10.1 Å². The molecule has 0 bridgehead atoms. The lowest BCUT2D eigenvalue weighted by molar-refractivity contribution is 0.0932. The monoisotopic (exact) mass is 452 g/mol. The van der Waals surface area contributed by atoms with Crippen LogP contribution in [-0.4, -0.2) is 48.7 Å². The second-order valence-corrected chi connectivity index (χ2v) is 9.01. The van der Waals surface area contributed by atoms with Gasteiger partial charge in [-0.15, -0.1) is 0 Å². The summed E-state index contributed by atoms with van der Waals surface area (Å²) >= 11 is 0. The molecular formula is C26H29FN2O4. The first-order chi connectivity index (χ1) is 16.1. The van der Waals surface area contributed by atoms with Gasteiger partial charge < -0.3 is 18.9 Å². The summed E-state index contributed by atoms with van der Waals surface area (Å²) in [6, 6.07) is 8.42. The molecule has 174 valence electrons. The van der Waals surface area contributed by atoms with E-state index in [9.17, 15) is 9.18 Å². The molecule has 3 heterocycles. The van der Waals surface area contributed by atoms with Gasteiger partial charge in [0.1, 0.15) is 17.3 Å². The fourth-order valence-electron chi connectivity index (χ4n) is 4.94. The molecule has 0 atom stereocenters. The Morgan fingerprint density at radius 3 is 2.88 bits per heavy atom. The minimum absolute atomic E-state index is 0.148. The molecule has 1 aromatic heterocycles. The quantitative estimate of drug-likeness (QED) is 0.455. The fourth-order valence-corrected chi connectivity index (χ4v) is 4.94. The molecule has 2 aliphatic rings. The second-order valence-electron chi connectivity index (χ2n) is 9.01. The zero-order chi connectivity index (χ0) is 22.8. The Balaban J connectivity index is 1.05. The van der Waals surface area contributed by atoms with E-state index in [1.54, 1.807) is 6.07 Å². The lowest BCUT2D eigenvalue weighted by Gasteiger charge is -2.31.